The molecular weight excluding hydrogens is 277 g/mol. The smallest absolute Gasteiger partial charge is 0.338 e. The summed E-state index contributed by atoms with van der Waals surface area (Å²) in [6.07, 6.45) is -4.60. The summed E-state index contributed by atoms with van der Waals surface area (Å²) in [5.74, 6) is -0.268. The Morgan fingerprint density at radius 3 is 2.55 bits per heavy atom. The Kier molecular flexibility index (Phi) is 3.41. The number of non-ortho nitro benzene ring substituents is 1. The van der Waals surface area contributed by atoms with Crippen molar-refractivity contribution in [3.05, 3.63) is 38.9 Å². The van der Waals surface area contributed by atoms with E-state index >= 15 is 0 Å². The first-order chi connectivity index (χ1) is 9.20. The lowest BCUT2D eigenvalue weighted by atomic mass is 9.93. The van der Waals surface area contributed by atoms with Crippen LogP contribution in [-0.4, -0.2) is 22.3 Å². The maximum Gasteiger partial charge on any atom is 0.416 e. The van der Waals surface area contributed by atoms with Gasteiger partial charge in [0.05, 0.1) is 10.5 Å². The molecule has 0 N–H and O–H groups in total. The minimum atomic E-state index is -4.64. The molecule has 108 valence electrons. The molecule has 0 spiro atoms. The van der Waals surface area contributed by atoms with Crippen molar-refractivity contribution >= 4 is 11.6 Å². The predicted molar refractivity (Wildman–Crippen MR) is 62.9 cm³/mol. The first kappa shape index (κ1) is 14.3. The van der Waals surface area contributed by atoms with E-state index in [0.717, 1.165) is 6.07 Å². The largest absolute Gasteiger partial charge is 0.416 e. The molecule has 0 atom stereocenters. The number of nitrogens with zero attached hydrogens (tertiary/aromatic N) is 2. The lowest BCUT2D eigenvalue weighted by molar-refractivity contribution is -0.385. The first-order valence-corrected chi connectivity index (χ1v) is 5.83. The van der Waals surface area contributed by atoms with E-state index in [9.17, 15) is 28.1 Å². The van der Waals surface area contributed by atoms with Crippen LogP contribution in [0.1, 0.15) is 23.6 Å². The summed E-state index contributed by atoms with van der Waals surface area (Å²) in [5.41, 5.74) is -1.36. The molecule has 20 heavy (non-hydrogen) atoms. The van der Waals surface area contributed by atoms with Gasteiger partial charge in [0.25, 0.3) is 5.69 Å². The van der Waals surface area contributed by atoms with E-state index in [1.807, 2.05) is 0 Å². The number of alkyl halides is 3. The van der Waals surface area contributed by atoms with Crippen LogP contribution in [0.2, 0.25) is 0 Å². The Labute approximate surface area is 112 Å². The molecule has 1 aromatic rings. The zero-order valence-electron chi connectivity index (χ0n) is 10.5. The Balaban J connectivity index is 2.56. The fraction of sp³-hybridized carbons (Fsp3) is 0.417. The summed E-state index contributed by atoms with van der Waals surface area (Å²) >= 11 is 0. The van der Waals surface area contributed by atoms with Gasteiger partial charge in [0, 0.05) is 32.1 Å². The molecule has 0 unspecified atom stereocenters. The number of hydrogen-bond donors (Lipinski definition) is 0. The van der Waals surface area contributed by atoms with E-state index in [1.54, 1.807) is 0 Å². The number of hydrogen-bond acceptors (Lipinski definition) is 3. The van der Waals surface area contributed by atoms with Crippen LogP contribution in [-0.2, 0) is 23.9 Å². The lowest BCUT2D eigenvalue weighted by Gasteiger charge is -2.29. The van der Waals surface area contributed by atoms with Gasteiger partial charge in [-0.3, -0.25) is 14.9 Å². The normalized spacial score (nSPS) is 14.9. The van der Waals surface area contributed by atoms with Crippen LogP contribution in [0, 0.1) is 10.1 Å². The summed E-state index contributed by atoms with van der Waals surface area (Å²) in [4.78, 5) is 22.5. The van der Waals surface area contributed by atoms with Gasteiger partial charge in [-0.15, -0.1) is 0 Å². The van der Waals surface area contributed by atoms with Gasteiger partial charge >= 0.3 is 6.18 Å². The monoisotopic (exact) mass is 288 g/mol. The van der Waals surface area contributed by atoms with Gasteiger partial charge in [0.15, 0.2) is 0 Å². The molecule has 8 heteroatoms. The lowest BCUT2D eigenvalue weighted by Crippen LogP contribution is -2.35. The third-order valence-corrected chi connectivity index (χ3v) is 3.28. The zero-order valence-corrected chi connectivity index (χ0v) is 10.5. The molecule has 2 rings (SSSR count). The van der Waals surface area contributed by atoms with Gasteiger partial charge in [0.2, 0.25) is 5.91 Å². The van der Waals surface area contributed by atoms with Gasteiger partial charge in [-0.1, -0.05) is 0 Å². The molecule has 0 aliphatic carbocycles. The molecule has 0 bridgehead atoms. The van der Waals surface area contributed by atoms with Crippen molar-refractivity contribution < 1.29 is 22.9 Å². The third-order valence-electron chi connectivity index (χ3n) is 3.28. The number of nitro benzene ring substituents is 1. The van der Waals surface area contributed by atoms with Crippen LogP contribution in [0.3, 0.4) is 0 Å². The minimum absolute atomic E-state index is 0.0323. The van der Waals surface area contributed by atoms with E-state index in [2.05, 4.69) is 0 Å². The second kappa shape index (κ2) is 4.77. The third kappa shape index (κ3) is 2.59. The summed E-state index contributed by atoms with van der Waals surface area (Å²) in [6, 6.07) is 1.67. The van der Waals surface area contributed by atoms with Gasteiger partial charge in [-0.05, 0) is 17.5 Å². The molecular formula is C12H11F3N2O3. The molecule has 1 amide bonds. The second-order valence-corrected chi connectivity index (χ2v) is 4.58. The number of carbonyl (C=O) groups is 1. The highest BCUT2D eigenvalue weighted by Gasteiger charge is 2.37. The molecule has 0 fully saturated rings. The van der Waals surface area contributed by atoms with E-state index in [1.165, 1.54) is 11.8 Å². The summed E-state index contributed by atoms with van der Waals surface area (Å²) in [6.45, 7) is 1.46. The number of benzene rings is 1. The summed E-state index contributed by atoms with van der Waals surface area (Å²) in [7, 11) is 0. The van der Waals surface area contributed by atoms with E-state index in [4.69, 9.17) is 0 Å². The Hall–Kier alpha value is -2.12. The molecule has 0 aromatic heterocycles. The van der Waals surface area contributed by atoms with E-state index < -0.39 is 22.4 Å². The van der Waals surface area contributed by atoms with Crippen molar-refractivity contribution in [2.45, 2.75) is 26.1 Å². The van der Waals surface area contributed by atoms with Crippen molar-refractivity contribution in [1.29, 1.82) is 0 Å². The first-order valence-electron chi connectivity index (χ1n) is 5.83. The predicted octanol–water partition coefficient (Wildman–Crippen LogP) is 2.52. The van der Waals surface area contributed by atoms with Crippen LogP contribution in [0.25, 0.3) is 0 Å². The van der Waals surface area contributed by atoms with Crippen LogP contribution in [0.4, 0.5) is 18.9 Å². The number of fused-ring (bicyclic) bond motifs is 1. The van der Waals surface area contributed by atoms with Crippen LogP contribution >= 0.6 is 0 Å². The van der Waals surface area contributed by atoms with Crippen LogP contribution in [0.15, 0.2) is 12.1 Å². The standard InChI is InChI=1S/C12H11F3N2O3/c1-7(18)16-3-2-10-8(6-16)4-9(17(19)20)5-11(10)12(13,14)15/h4-5H,2-3,6H2,1H3. The number of carbonyl (C=O) groups excluding carboxylic acids is 1. The minimum Gasteiger partial charge on any atom is -0.338 e. The molecule has 1 aliphatic heterocycles. The maximum absolute atomic E-state index is 13.0. The van der Waals surface area contributed by atoms with Crippen molar-refractivity contribution in [2.75, 3.05) is 6.54 Å². The molecule has 0 saturated carbocycles. The van der Waals surface area contributed by atoms with Crippen molar-refractivity contribution in [3.8, 4) is 0 Å². The number of amides is 1. The number of nitro groups is 1. The molecule has 1 aliphatic rings. The van der Waals surface area contributed by atoms with Gasteiger partial charge < -0.3 is 4.90 Å². The quantitative estimate of drug-likeness (QED) is 0.589. The number of rotatable bonds is 1. The topological polar surface area (TPSA) is 63.5 Å². The van der Waals surface area contributed by atoms with Gasteiger partial charge in [-0.2, -0.15) is 13.2 Å². The van der Waals surface area contributed by atoms with E-state index in [0.29, 0.717) is 6.07 Å². The Morgan fingerprint density at radius 1 is 1.40 bits per heavy atom. The highest BCUT2D eigenvalue weighted by atomic mass is 19.4. The van der Waals surface area contributed by atoms with E-state index in [-0.39, 0.29) is 36.5 Å². The average Bonchev–Trinajstić information content (AvgIpc) is 2.35. The SMILES string of the molecule is CC(=O)N1CCc2c(cc([N+](=O)[O-])cc2C(F)(F)F)C1. The Morgan fingerprint density at radius 2 is 2.05 bits per heavy atom. The highest BCUT2D eigenvalue weighted by molar-refractivity contribution is 5.73. The molecule has 1 aromatic carbocycles. The Bertz CT molecular complexity index is 584. The fourth-order valence-corrected chi connectivity index (χ4v) is 2.31. The second-order valence-electron chi connectivity index (χ2n) is 4.58. The van der Waals surface area contributed by atoms with Gasteiger partial charge in [0.1, 0.15) is 0 Å². The molecule has 5 nitrogen and oxygen atoms in total. The maximum atomic E-state index is 13.0. The van der Waals surface area contributed by atoms with Crippen molar-refractivity contribution in [1.82, 2.24) is 4.90 Å². The fourth-order valence-electron chi connectivity index (χ4n) is 2.31. The van der Waals surface area contributed by atoms with Crippen LogP contribution < -0.4 is 0 Å². The van der Waals surface area contributed by atoms with Crippen LogP contribution in [0.5, 0.6) is 0 Å². The van der Waals surface area contributed by atoms with Crippen molar-refractivity contribution in [3.63, 3.8) is 0 Å². The summed E-state index contributed by atoms with van der Waals surface area (Å²) < 4.78 is 38.9. The van der Waals surface area contributed by atoms with Gasteiger partial charge in [-0.25, -0.2) is 0 Å². The molecule has 0 saturated heterocycles. The highest BCUT2D eigenvalue weighted by Crippen LogP contribution is 2.38. The average molecular weight is 288 g/mol. The number of halogens is 3. The molecule has 1 heterocycles. The zero-order chi connectivity index (χ0) is 15.1. The molecule has 0 radical (unpaired) electrons. The summed E-state index contributed by atoms with van der Waals surface area (Å²) in [5, 5.41) is 10.7. The van der Waals surface area contributed by atoms with Crippen molar-refractivity contribution in [2.24, 2.45) is 0 Å².